The summed E-state index contributed by atoms with van der Waals surface area (Å²) >= 11 is 1.62. The van der Waals surface area contributed by atoms with E-state index in [-0.39, 0.29) is 12.0 Å². The van der Waals surface area contributed by atoms with Crippen LogP contribution in [-0.4, -0.2) is 51.3 Å². The molecule has 6 nitrogen and oxygen atoms in total. The fourth-order valence-corrected chi connectivity index (χ4v) is 3.79. The zero-order chi connectivity index (χ0) is 16.6. The van der Waals surface area contributed by atoms with Crippen LogP contribution < -0.4 is 5.32 Å². The predicted molar refractivity (Wildman–Crippen MR) is 91.0 cm³/mol. The molecule has 128 valence electrons. The van der Waals surface area contributed by atoms with E-state index in [1.807, 2.05) is 0 Å². The number of carboxylic acid groups (broad SMARTS) is 1. The molecule has 1 aromatic heterocycles. The average molecular weight is 338 g/mol. The summed E-state index contributed by atoms with van der Waals surface area (Å²) in [5, 5.41) is 22.9. The van der Waals surface area contributed by atoms with E-state index in [1.165, 1.54) is 12.8 Å². The second-order valence-corrected chi connectivity index (χ2v) is 8.87. The average Bonchev–Trinajstić information content (AvgIpc) is 3.06. The Morgan fingerprint density at radius 2 is 2.04 bits per heavy atom. The highest BCUT2D eigenvalue weighted by Crippen LogP contribution is 2.35. The number of aliphatic carboxylic acids is 1. The van der Waals surface area contributed by atoms with Gasteiger partial charge in [-0.3, -0.25) is 9.69 Å². The van der Waals surface area contributed by atoms with Gasteiger partial charge in [-0.25, -0.2) is 0 Å². The van der Waals surface area contributed by atoms with Gasteiger partial charge in [0, 0.05) is 24.0 Å². The Bertz CT molecular complexity index is 559. The molecule has 0 radical (unpaired) electrons. The zero-order valence-electron chi connectivity index (χ0n) is 14.1. The van der Waals surface area contributed by atoms with Crippen LogP contribution >= 0.6 is 11.3 Å². The van der Waals surface area contributed by atoms with Gasteiger partial charge < -0.3 is 10.4 Å². The standard InChI is InChI=1S/C16H26N4O2S/c1-16(2,3)14-18-19-15(23-14)17-11-6-12(7-11)20(9-13(21)22)8-10-4-5-10/h10-12H,4-9H2,1-3H3,(H,17,19)(H,21,22). The molecule has 3 rings (SSSR count). The van der Waals surface area contributed by atoms with Gasteiger partial charge >= 0.3 is 5.97 Å². The van der Waals surface area contributed by atoms with E-state index < -0.39 is 5.97 Å². The highest BCUT2D eigenvalue weighted by Gasteiger charge is 2.37. The van der Waals surface area contributed by atoms with Crippen molar-refractivity contribution in [1.82, 2.24) is 15.1 Å². The van der Waals surface area contributed by atoms with Gasteiger partial charge in [0.1, 0.15) is 5.01 Å². The molecule has 0 aromatic carbocycles. The zero-order valence-corrected chi connectivity index (χ0v) is 14.9. The van der Waals surface area contributed by atoms with Crippen molar-refractivity contribution in [2.24, 2.45) is 5.92 Å². The van der Waals surface area contributed by atoms with Crippen molar-refractivity contribution in [2.75, 3.05) is 18.4 Å². The summed E-state index contributed by atoms with van der Waals surface area (Å²) < 4.78 is 0. The van der Waals surface area contributed by atoms with Crippen molar-refractivity contribution in [2.45, 2.75) is 64.0 Å². The molecule has 0 atom stereocenters. The maximum Gasteiger partial charge on any atom is 0.317 e. The van der Waals surface area contributed by atoms with Crippen molar-refractivity contribution in [3.8, 4) is 0 Å². The first-order chi connectivity index (χ1) is 10.8. The second kappa shape index (κ2) is 6.36. The minimum atomic E-state index is -0.721. The van der Waals surface area contributed by atoms with E-state index in [2.05, 4.69) is 41.2 Å². The fourth-order valence-electron chi connectivity index (χ4n) is 2.91. The SMILES string of the molecule is CC(C)(C)c1nnc(NC2CC(N(CC(=O)O)CC3CC3)C2)s1. The Hall–Kier alpha value is -1.21. The number of nitrogens with one attached hydrogen (secondary N) is 1. The Kier molecular flexibility index (Phi) is 4.60. The van der Waals surface area contributed by atoms with Gasteiger partial charge in [-0.1, -0.05) is 32.1 Å². The fraction of sp³-hybridized carbons (Fsp3) is 0.812. The Morgan fingerprint density at radius 1 is 1.35 bits per heavy atom. The van der Waals surface area contributed by atoms with Crippen molar-refractivity contribution < 1.29 is 9.90 Å². The summed E-state index contributed by atoms with van der Waals surface area (Å²) in [7, 11) is 0. The smallest absolute Gasteiger partial charge is 0.317 e. The Morgan fingerprint density at radius 3 is 2.57 bits per heavy atom. The van der Waals surface area contributed by atoms with Crippen LogP contribution in [0.1, 0.15) is 51.5 Å². The molecular weight excluding hydrogens is 312 g/mol. The molecule has 0 amide bonds. The van der Waals surface area contributed by atoms with Gasteiger partial charge in [-0.15, -0.1) is 10.2 Å². The van der Waals surface area contributed by atoms with Crippen LogP contribution in [0.15, 0.2) is 0 Å². The molecule has 2 fully saturated rings. The van der Waals surface area contributed by atoms with Crippen LogP contribution in [0.4, 0.5) is 5.13 Å². The number of hydrogen-bond acceptors (Lipinski definition) is 6. The molecule has 0 saturated heterocycles. The first kappa shape index (κ1) is 16.6. The van der Waals surface area contributed by atoms with Gasteiger partial charge in [0.2, 0.25) is 5.13 Å². The lowest BCUT2D eigenvalue weighted by Crippen LogP contribution is -2.52. The van der Waals surface area contributed by atoms with Crippen LogP contribution in [0, 0.1) is 5.92 Å². The summed E-state index contributed by atoms with van der Waals surface area (Å²) in [5.41, 5.74) is 0.0301. The Labute approximate surface area is 141 Å². The molecule has 1 heterocycles. The highest BCUT2D eigenvalue weighted by atomic mass is 32.1. The topological polar surface area (TPSA) is 78.4 Å². The van der Waals surface area contributed by atoms with Crippen molar-refractivity contribution in [3.05, 3.63) is 5.01 Å². The number of nitrogens with zero attached hydrogens (tertiary/aromatic N) is 3. The number of carboxylic acids is 1. The number of aromatic nitrogens is 2. The quantitative estimate of drug-likeness (QED) is 0.795. The van der Waals surface area contributed by atoms with Crippen LogP contribution in [0.3, 0.4) is 0 Å². The summed E-state index contributed by atoms with van der Waals surface area (Å²) in [5.74, 6) is -0.000123. The highest BCUT2D eigenvalue weighted by molar-refractivity contribution is 7.15. The van der Waals surface area contributed by atoms with E-state index in [0.717, 1.165) is 35.4 Å². The normalized spacial score (nSPS) is 24.5. The minimum absolute atomic E-state index is 0.0301. The molecule has 0 bridgehead atoms. The van der Waals surface area contributed by atoms with Crippen molar-refractivity contribution in [1.29, 1.82) is 0 Å². The minimum Gasteiger partial charge on any atom is -0.480 e. The third kappa shape index (κ3) is 4.41. The molecule has 23 heavy (non-hydrogen) atoms. The number of rotatable bonds is 7. The maximum absolute atomic E-state index is 11.1. The van der Waals surface area contributed by atoms with Crippen molar-refractivity contribution in [3.63, 3.8) is 0 Å². The third-order valence-corrected chi connectivity index (χ3v) is 5.83. The van der Waals surface area contributed by atoms with Gasteiger partial charge in [-0.05, 0) is 31.6 Å². The first-order valence-corrected chi connectivity index (χ1v) is 9.19. The lowest BCUT2D eigenvalue weighted by atomic mass is 9.85. The molecule has 2 aliphatic rings. The molecular formula is C16H26N4O2S. The monoisotopic (exact) mass is 338 g/mol. The van der Waals surface area contributed by atoms with Crippen molar-refractivity contribution >= 4 is 22.4 Å². The molecule has 2 saturated carbocycles. The number of carbonyl (C=O) groups is 1. The van der Waals surface area contributed by atoms with Gasteiger partial charge in [-0.2, -0.15) is 0 Å². The largest absolute Gasteiger partial charge is 0.480 e. The van der Waals surface area contributed by atoms with Crippen LogP contribution in [0.5, 0.6) is 0 Å². The molecule has 1 aromatic rings. The van der Waals surface area contributed by atoms with Gasteiger partial charge in [0.15, 0.2) is 0 Å². The Balaban J connectivity index is 1.49. The first-order valence-electron chi connectivity index (χ1n) is 8.37. The van der Waals surface area contributed by atoms with E-state index in [0.29, 0.717) is 12.1 Å². The predicted octanol–water partition coefficient (Wildman–Crippen LogP) is 2.58. The summed E-state index contributed by atoms with van der Waals surface area (Å²) in [4.78, 5) is 13.2. The van der Waals surface area contributed by atoms with Gasteiger partial charge in [0.25, 0.3) is 0 Å². The van der Waals surface area contributed by atoms with E-state index in [4.69, 9.17) is 5.11 Å². The molecule has 0 aliphatic heterocycles. The summed E-state index contributed by atoms with van der Waals surface area (Å²) in [6.45, 7) is 7.52. The summed E-state index contributed by atoms with van der Waals surface area (Å²) in [6, 6.07) is 0.774. The maximum atomic E-state index is 11.1. The van der Waals surface area contributed by atoms with E-state index in [9.17, 15) is 4.79 Å². The molecule has 7 heteroatoms. The third-order valence-electron chi connectivity index (χ3n) is 4.55. The van der Waals surface area contributed by atoms with Crippen LogP contribution in [0.25, 0.3) is 0 Å². The lowest BCUT2D eigenvalue weighted by Gasteiger charge is -2.42. The number of hydrogen-bond donors (Lipinski definition) is 2. The van der Waals surface area contributed by atoms with Crippen LogP contribution in [0.2, 0.25) is 0 Å². The van der Waals surface area contributed by atoms with E-state index >= 15 is 0 Å². The number of anilines is 1. The second-order valence-electron chi connectivity index (χ2n) is 7.90. The van der Waals surface area contributed by atoms with Gasteiger partial charge in [0.05, 0.1) is 6.54 Å². The van der Waals surface area contributed by atoms with Crippen LogP contribution in [-0.2, 0) is 10.2 Å². The van der Waals surface area contributed by atoms with E-state index in [1.54, 1.807) is 11.3 Å². The molecule has 0 unspecified atom stereocenters. The summed E-state index contributed by atoms with van der Waals surface area (Å²) in [6.07, 6.45) is 4.49. The molecule has 0 spiro atoms. The lowest BCUT2D eigenvalue weighted by molar-refractivity contribution is -0.139. The molecule has 2 N–H and O–H groups in total. The molecule has 2 aliphatic carbocycles.